The lowest BCUT2D eigenvalue weighted by atomic mass is 9.97. The number of hydrogen-bond donors (Lipinski definition) is 2. The molecule has 160 valence electrons. The maximum Gasteiger partial charge on any atom is 0.337 e. The summed E-state index contributed by atoms with van der Waals surface area (Å²) in [5.41, 5.74) is 1.29. The van der Waals surface area contributed by atoms with Gasteiger partial charge in [-0.2, -0.15) is 0 Å². The molecule has 0 aliphatic heterocycles. The van der Waals surface area contributed by atoms with Gasteiger partial charge < -0.3 is 10.4 Å². The van der Waals surface area contributed by atoms with E-state index in [1.807, 2.05) is 0 Å². The number of carboxylic acids is 1. The van der Waals surface area contributed by atoms with Gasteiger partial charge in [0.25, 0.3) is 5.56 Å². The summed E-state index contributed by atoms with van der Waals surface area (Å²) in [7, 11) is 0. The summed E-state index contributed by atoms with van der Waals surface area (Å²) in [6.45, 7) is 4.05. The normalized spacial score (nSPS) is 13.0. The van der Waals surface area contributed by atoms with Crippen molar-refractivity contribution in [3.63, 3.8) is 0 Å². The molecular formula is C22H21N3O4S2. The second kappa shape index (κ2) is 9.07. The first-order valence-corrected chi connectivity index (χ1v) is 11.7. The molecule has 1 aromatic carbocycles. The van der Waals surface area contributed by atoms with Crippen LogP contribution in [0.3, 0.4) is 0 Å². The average molecular weight is 456 g/mol. The van der Waals surface area contributed by atoms with Crippen LogP contribution >= 0.6 is 23.1 Å². The summed E-state index contributed by atoms with van der Waals surface area (Å²) in [6, 6.07) is 6.23. The van der Waals surface area contributed by atoms with Gasteiger partial charge in [-0.15, -0.1) is 17.9 Å². The van der Waals surface area contributed by atoms with E-state index in [-0.39, 0.29) is 28.5 Å². The zero-order valence-electron chi connectivity index (χ0n) is 16.7. The van der Waals surface area contributed by atoms with Gasteiger partial charge in [-0.3, -0.25) is 14.2 Å². The maximum absolute atomic E-state index is 13.2. The molecule has 0 fully saturated rings. The van der Waals surface area contributed by atoms with E-state index in [0.717, 1.165) is 47.8 Å². The van der Waals surface area contributed by atoms with Crippen molar-refractivity contribution in [2.24, 2.45) is 0 Å². The number of hydrogen-bond acceptors (Lipinski definition) is 6. The largest absolute Gasteiger partial charge is 0.478 e. The van der Waals surface area contributed by atoms with E-state index >= 15 is 0 Å². The van der Waals surface area contributed by atoms with Crippen molar-refractivity contribution in [3.05, 3.63) is 63.3 Å². The first-order valence-electron chi connectivity index (χ1n) is 9.90. The average Bonchev–Trinajstić information content (AvgIpc) is 3.13. The molecule has 0 atom stereocenters. The molecule has 3 aromatic rings. The molecule has 2 heterocycles. The Morgan fingerprint density at radius 2 is 2.06 bits per heavy atom. The molecule has 2 N–H and O–H groups in total. The molecule has 1 amide bonds. The van der Waals surface area contributed by atoms with Crippen molar-refractivity contribution in [3.8, 4) is 0 Å². The monoisotopic (exact) mass is 455 g/mol. The molecule has 0 unspecified atom stereocenters. The van der Waals surface area contributed by atoms with Crippen LogP contribution in [0.1, 0.15) is 33.6 Å². The maximum atomic E-state index is 13.2. The number of nitrogens with one attached hydrogen (secondary N) is 1. The summed E-state index contributed by atoms with van der Waals surface area (Å²) >= 11 is 2.72. The highest BCUT2D eigenvalue weighted by Crippen LogP contribution is 2.34. The van der Waals surface area contributed by atoms with Gasteiger partial charge >= 0.3 is 5.97 Å². The molecule has 0 radical (unpaired) electrons. The number of aromatic carboxylic acids is 1. The van der Waals surface area contributed by atoms with E-state index in [1.165, 1.54) is 10.9 Å². The molecular weight excluding hydrogens is 434 g/mol. The molecule has 1 aliphatic carbocycles. The predicted molar refractivity (Wildman–Crippen MR) is 123 cm³/mol. The number of thiophene rings is 1. The van der Waals surface area contributed by atoms with E-state index in [4.69, 9.17) is 4.98 Å². The predicted octanol–water partition coefficient (Wildman–Crippen LogP) is 3.95. The van der Waals surface area contributed by atoms with Crippen LogP contribution < -0.4 is 10.9 Å². The molecule has 4 rings (SSSR count). The third-order valence-corrected chi connectivity index (χ3v) is 7.28. The molecule has 2 aromatic heterocycles. The van der Waals surface area contributed by atoms with Gasteiger partial charge in [0.05, 0.1) is 22.4 Å². The zero-order chi connectivity index (χ0) is 22.0. The Morgan fingerprint density at radius 3 is 2.84 bits per heavy atom. The van der Waals surface area contributed by atoms with Crippen molar-refractivity contribution in [2.75, 3.05) is 11.1 Å². The highest BCUT2D eigenvalue weighted by molar-refractivity contribution is 7.99. The number of aromatic nitrogens is 2. The fraction of sp³-hybridized carbons (Fsp3) is 0.273. The standard InChI is InChI=1S/C22H21N3O4S2/c1-2-11-25-20(27)18-14-8-4-6-10-16(14)31-19(18)24-22(25)30-12-17(26)23-15-9-5-3-7-13(15)21(28)29/h2-3,5,7,9H,1,4,6,8,10-12H2,(H,23,26)(H,28,29). The molecule has 1 aliphatic rings. The minimum atomic E-state index is -1.11. The Hall–Kier alpha value is -2.91. The van der Waals surface area contributed by atoms with Crippen LogP contribution in [0, 0.1) is 0 Å². The van der Waals surface area contributed by atoms with Crippen LogP contribution in [-0.4, -0.2) is 32.3 Å². The van der Waals surface area contributed by atoms with Crippen LogP contribution in [0.4, 0.5) is 5.69 Å². The third-order valence-electron chi connectivity index (χ3n) is 5.12. The Bertz CT molecular complexity index is 1250. The SMILES string of the molecule is C=CCn1c(SCC(=O)Nc2ccccc2C(=O)O)nc2sc3c(c2c1=O)CCCC3. The molecule has 7 nitrogen and oxygen atoms in total. The number of carbonyl (C=O) groups excluding carboxylic acids is 1. The van der Waals surface area contributed by atoms with Gasteiger partial charge in [0.1, 0.15) is 4.83 Å². The summed E-state index contributed by atoms with van der Waals surface area (Å²) in [5, 5.41) is 13.1. The molecule has 9 heteroatoms. The summed E-state index contributed by atoms with van der Waals surface area (Å²) in [6.07, 6.45) is 5.72. The number of aryl methyl sites for hydroxylation is 2. The minimum absolute atomic E-state index is 0.00582. The van der Waals surface area contributed by atoms with Crippen LogP contribution in [-0.2, 0) is 24.2 Å². The number of nitrogens with zero attached hydrogens (tertiary/aromatic N) is 2. The van der Waals surface area contributed by atoms with Crippen LogP contribution in [0.15, 0.2) is 46.9 Å². The van der Waals surface area contributed by atoms with Crippen molar-refractivity contribution in [2.45, 2.75) is 37.4 Å². The van der Waals surface area contributed by atoms with Crippen molar-refractivity contribution in [1.82, 2.24) is 9.55 Å². The first-order chi connectivity index (χ1) is 15.0. The highest BCUT2D eigenvalue weighted by atomic mass is 32.2. The lowest BCUT2D eigenvalue weighted by Crippen LogP contribution is -2.24. The van der Waals surface area contributed by atoms with Crippen molar-refractivity contribution < 1.29 is 14.7 Å². The molecule has 0 saturated heterocycles. The Morgan fingerprint density at radius 1 is 1.29 bits per heavy atom. The van der Waals surface area contributed by atoms with E-state index in [1.54, 1.807) is 40.2 Å². The fourth-order valence-corrected chi connectivity index (χ4v) is 5.83. The lowest BCUT2D eigenvalue weighted by Gasteiger charge is -2.12. The molecule has 0 bridgehead atoms. The summed E-state index contributed by atoms with van der Waals surface area (Å²) in [5.74, 6) is -1.49. The third kappa shape index (κ3) is 4.28. The highest BCUT2D eigenvalue weighted by Gasteiger charge is 2.22. The van der Waals surface area contributed by atoms with Gasteiger partial charge in [0.15, 0.2) is 5.16 Å². The number of anilines is 1. The van der Waals surface area contributed by atoms with E-state index in [0.29, 0.717) is 17.1 Å². The van der Waals surface area contributed by atoms with Gasteiger partial charge in [-0.25, -0.2) is 9.78 Å². The zero-order valence-corrected chi connectivity index (χ0v) is 18.4. The quantitative estimate of drug-likeness (QED) is 0.318. The van der Waals surface area contributed by atoms with Crippen molar-refractivity contribution in [1.29, 1.82) is 0 Å². The molecule has 31 heavy (non-hydrogen) atoms. The number of carboxylic acid groups (broad SMARTS) is 1. The van der Waals surface area contributed by atoms with E-state index < -0.39 is 5.97 Å². The fourth-order valence-electron chi connectivity index (χ4n) is 3.72. The minimum Gasteiger partial charge on any atom is -0.478 e. The Balaban J connectivity index is 1.60. The topological polar surface area (TPSA) is 101 Å². The number of benzene rings is 1. The smallest absolute Gasteiger partial charge is 0.337 e. The number of carbonyl (C=O) groups is 2. The number of allylic oxidation sites excluding steroid dienone is 1. The van der Waals surface area contributed by atoms with Gasteiger partial charge in [0.2, 0.25) is 5.91 Å². The Kier molecular flexibility index (Phi) is 6.24. The number of thioether (sulfide) groups is 1. The van der Waals surface area contributed by atoms with Crippen LogP contribution in [0.25, 0.3) is 10.2 Å². The summed E-state index contributed by atoms with van der Waals surface area (Å²) < 4.78 is 1.56. The van der Waals surface area contributed by atoms with Crippen LogP contribution in [0.5, 0.6) is 0 Å². The second-order valence-corrected chi connectivity index (χ2v) is 9.20. The van der Waals surface area contributed by atoms with Crippen LogP contribution in [0.2, 0.25) is 0 Å². The first kappa shape index (κ1) is 21.3. The van der Waals surface area contributed by atoms with Gasteiger partial charge in [0, 0.05) is 11.4 Å². The molecule has 0 spiro atoms. The van der Waals surface area contributed by atoms with Crippen molar-refractivity contribution >= 4 is 50.9 Å². The van der Waals surface area contributed by atoms with E-state index in [9.17, 15) is 19.5 Å². The summed E-state index contributed by atoms with van der Waals surface area (Å²) in [4.78, 5) is 43.7. The second-order valence-electron chi connectivity index (χ2n) is 7.18. The van der Waals surface area contributed by atoms with E-state index in [2.05, 4.69) is 11.9 Å². The van der Waals surface area contributed by atoms with Gasteiger partial charge in [-0.1, -0.05) is 30.0 Å². The number of para-hydroxylation sites is 1. The Labute approximate surface area is 186 Å². The number of amides is 1. The van der Waals surface area contributed by atoms with Gasteiger partial charge in [-0.05, 0) is 43.4 Å². The number of rotatable bonds is 7. The number of fused-ring (bicyclic) bond motifs is 3. The molecule has 0 saturated carbocycles. The lowest BCUT2D eigenvalue weighted by molar-refractivity contribution is -0.113.